The summed E-state index contributed by atoms with van der Waals surface area (Å²) >= 11 is 0. The van der Waals surface area contributed by atoms with E-state index in [2.05, 4.69) is 28.8 Å². The first-order chi connectivity index (χ1) is 9.43. The Morgan fingerprint density at radius 3 is 3.16 bits per heavy atom. The van der Waals surface area contributed by atoms with Crippen LogP contribution in [0.25, 0.3) is 0 Å². The number of ether oxygens (including phenoxy) is 1. The van der Waals surface area contributed by atoms with Gasteiger partial charge in [-0.25, -0.2) is 0 Å². The third-order valence-corrected chi connectivity index (χ3v) is 3.98. The minimum atomic E-state index is 0.837. The van der Waals surface area contributed by atoms with E-state index in [-0.39, 0.29) is 0 Å². The van der Waals surface area contributed by atoms with Crippen molar-refractivity contribution in [3.8, 4) is 0 Å². The molecule has 0 unspecified atom stereocenters. The highest BCUT2D eigenvalue weighted by Gasteiger charge is 2.20. The lowest BCUT2D eigenvalue weighted by Crippen LogP contribution is -2.22. The highest BCUT2D eigenvalue weighted by molar-refractivity contribution is 5.56. The topological polar surface area (TPSA) is 33.3 Å². The van der Waals surface area contributed by atoms with Crippen molar-refractivity contribution in [2.45, 2.75) is 32.2 Å². The zero-order valence-electron chi connectivity index (χ0n) is 11.6. The number of anilines is 1. The Morgan fingerprint density at radius 1 is 1.32 bits per heavy atom. The van der Waals surface area contributed by atoms with E-state index in [1.807, 2.05) is 0 Å². The van der Waals surface area contributed by atoms with Gasteiger partial charge in [0.15, 0.2) is 0 Å². The van der Waals surface area contributed by atoms with Crippen LogP contribution in [0.5, 0.6) is 0 Å². The van der Waals surface area contributed by atoms with E-state index < -0.39 is 0 Å². The zero-order valence-corrected chi connectivity index (χ0v) is 11.6. The fraction of sp³-hybridized carbons (Fsp3) is 0.625. The van der Waals surface area contributed by atoms with Crippen LogP contribution in [0.1, 0.15) is 30.4 Å². The minimum absolute atomic E-state index is 0.837. The molecule has 1 fully saturated rings. The van der Waals surface area contributed by atoms with Crippen LogP contribution in [-0.4, -0.2) is 26.3 Å². The molecule has 3 rings (SSSR count). The van der Waals surface area contributed by atoms with Crippen molar-refractivity contribution in [1.82, 2.24) is 5.32 Å². The minimum Gasteiger partial charge on any atom is -0.385 e. The van der Waals surface area contributed by atoms with Gasteiger partial charge in [-0.15, -0.1) is 0 Å². The van der Waals surface area contributed by atoms with Crippen LogP contribution in [0.2, 0.25) is 0 Å². The van der Waals surface area contributed by atoms with E-state index >= 15 is 0 Å². The van der Waals surface area contributed by atoms with Gasteiger partial charge in [0.1, 0.15) is 0 Å². The van der Waals surface area contributed by atoms with Crippen LogP contribution in [0, 0.1) is 5.92 Å². The Bertz CT molecular complexity index is 415. The van der Waals surface area contributed by atoms with Crippen molar-refractivity contribution >= 4 is 5.69 Å². The molecule has 3 heteroatoms. The number of benzene rings is 1. The van der Waals surface area contributed by atoms with Crippen molar-refractivity contribution in [1.29, 1.82) is 0 Å². The van der Waals surface area contributed by atoms with Gasteiger partial charge >= 0.3 is 0 Å². The van der Waals surface area contributed by atoms with Gasteiger partial charge in [0.25, 0.3) is 0 Å². The number of hydrogen-bond acceptors (Lipinski definition) is 3. The predicted octanol–water partition coefficient (Wildman–Crippen LogP) is 2.56. The van der Waals surface area contributed by atoms with Gasteiger partial charge in [0.05, 0.1) is 6.61 Å². The standard InChI is InChI=1S/C16H24N2O/c1-3-14(15-4-2-8-18-16(15)5-1)11-17-9-10-19-12-13-6-7-13/h1,3,5,13,17-18H,2,4,6-12H2. The van der Waals surface area contributed by atoms with Crippen LogP contribution in [0.4, 0.5) is 5.69 Å². The molecule has 0 amide bonds. The molecular weight excluding hydrogens is 236 g/mol. The highest BCUT2D eigenvalue weighted by Crippen LogP contribution is 2.28. The van der Waals surface area contributed by atoms with Gasteiger partial charge < -0.3 is 15.4 Å². The number of nitrogens with one attached hydrogen (secondary N) is 2. The lowest BCUT2D eigenvalue weighted by atomic mass is 9.97. The summed E-state index contributed by atoms with van der Waals surface area (Å²) in [6.45, 7) is 4.82. The quantitative estimate of drug-likeness (QED) is 0.739. The lowest BCUT2D eigenvalue weighted by Gasteiger charge is -2.21. The Balaban J connectivity index is 1.41. The van der Waals surface area contributed by atoms with Crippen LogP contribution in [-0.2, 0) is 17.7 Å². The molecular formula is C16H24N2O. The molecule has 2 aliphatic rings. The second kappa shape index (κ2) is 6.40. The maximum absolute atomic E-state index is 5.63. The van der Waals surface area contributed by atoms with Gasteiger partial charge in [-0.3, -0.25) is 0 Å². The van der Waals surface area contributed by atoms with Gasteiger partial charge in [0.2, 0.25) is 0 Å². The van der Waals surface area contributed by atoms with Crippen LogP contribution in [0.15, 0.2) is 18.2 Å². The predicted molar refractivity (Wildman–Crippen MR) is 78.5 cm³/mol. The second-order valence-electron chi connectivity index (χ2n) is 5.67. The van der Waals surface area contributed by atoms with E-state index in [1.54, 1.807) is 0 Å². The first kappa shape index (κ1) is 12.9. The van der Waals surface area contributed by atoms with Crippen LogP contribution < -0.4 is 10.6 Å². The Kier molecular flexibility index (Phi) is 4.36. The Labute approximate surface area is 115 Å². The second-order valence-corrected chi connectivity index (χ2v) is 5.67. The summed E-state index contributed by atoms with van der Waals surface area (Å²) in [7, 11) is 0. The molecule has 0 atom stereocenters. The maximum Gasteiger partial charge on any atom is 0.0591 e. The van der Waals surface area contributed by atoms with Crippen LogP contribution >= 0.6 is 0 Å². The van der Waals surface area contributed by atoms with E-state index in [4.69, 9.17) is 4.74 Å². The van der Waals surface area contributed by atoms with Crippen molar-refractivity contribution in [3.05, 3.63) is 29.3 Å². The lowest BCUT2D eigenvalue weighted by molar-refractivity contribution is 0.126. The average molecular weight is 260 g/mol. The molecule has 1 aliphatic carbocycles. The molecule has 1 aromatic carbocycles. The van der Waals surface area contributed by atoms with Crippen molar-refractivity contribution in [2.24, 2.45) is 5.92 Å². The van der Waals surface area contributed by atoms with Gasteiger partial charge in [-0.05, 0) is 48.8 Å². The van der Waals surface area contributed by atoms with Crippen molar-refractivity contribution in [3.63, 3.8) is 0 Å². The van der Waals surface area contributed by atoms with E-state index in [0.717, 1.165) is 38.8 Å². The van der Waals surface area contributed by atoms with E-state index in [1.165, 1.54) is 42.5 Å². The summed E-state index contributed by atoms with van der Waals surface area (Å²) in [5.74, 6) is 0.868. The fourth-order valence-electron chi connectivity index (χ4n) is 2.65. The van der Waals surface area contributed by atoms with E-state index in [9.17, 15) is 0 Å². The summed E-state index contributed by atoms with van der Waals surface area (Å²) in [6.07, 6.45) is 5.19. The smallest absolute Gasteiger partial charge is 0.0591 e. The largest absolute Gasteiger partial charge is 0.385 e. The molecule has 19 heavy (non-hydrogen) atoms. The summed E-state index contributed by atoms with van der Waals surface area (Å²) < 4.78 is 5.63. The zero-order chi connectivity index (χ0) is 12.9. The molecule has 0 radical (unpaired) electrons. The van der Waals surface area contributed by atoms with E-state index in [0.29, 0.717) is 0 Å². The monoisotopic (exact) mass is 260 g/mol. The molecule has 1 heterocycles. The molecule has 1 saturated carbocycles. The molecule has 3 nitrogen and oxygen atoms in total. The van der Waals surface area contributed by atoms with Crippen molar-refractivity contribution in [2.75, 3.05) is 31.6 Å². The van der Waals surface area contributed by atoms with Crippen molar-refractivity contribution < 1.29 is 4.74 Å². The SMILES string of the molecule is c1cc(CNCCOCC2CC2)c2c(c1)NCCC2. The molecule has 104 valence electrons. The first-order valence-electron chi connectivity index (χ1n) is 7.56. The highest BCUT2D eigenvalue weighted by atomic mass is 16.5. The average Bonchev–Trinajstić information content (AvgIpc) is 3.27. The summed E-state index contributed by atoms with van der Waals surface area (Å²) in [4.78, 5) is 0. The Morgan fingerprint density at radius 2 is 2.26 bits per heavy atom. The third-order valence-electron chi connectivity index (χ3n) is 3.98. The molecule has 0 aromatic heterocycles. The summed E-state index contributed by atoms with van der Waals surface area (Å²) in [5.41, 5.74) is 4.27. The number of fused-ring (bicyclic) bond motifs is 1. The molecule has 2 N–H and O–H groups in total. The molecule has 0 spiro atoms. The molecule has 0 bridgehead atoms. The first-order valence-corrected chi connectivity index (χ1v) is 7.56. The number of hydrogen-bond donors (Lipinski definition) is 2. The van der Waals surface area contributed by atoms with Crippen LogP contribution in [0.3, 0.4) is 0 Å². The Hall–Kier alpha value is -1.06. The van der Waals surface area contributed by atoms with Gasteiger partial charge in [-0.2, -0.15) is 0 Å². The maximum atomic E-state index is 5.63. The van der Waals surface area contributed by atoms with Gasteiger partial charge in [0, 0.05) is 31.9 Å². The summed E-state index contributed by atoms with van der Waals surface area (Å²) in [6, 6.07) is 6.58. The number of rotatable bonds is 7. The fourth-order valence-corrected chi connectivity index (χ4v) is 2.65. The molecule has 0 saturated heterocycles. The molecule has 1 aromatic rings. The summed E-state index contributed by atoms with van der Waals surface area (Å²) in [5, 5.41) is 6.97. The van der Waals surface area contributed by atoms with Gasteiger partial charge in [-0.1, -0.05) is 12.1 Å². The normalized spacial score (nSPS) is 17.9. The third kappa shape index (κ3) is 3.71. The molecule has 1 aliphatic heterocycles.